The van der Waals surface area contributed by atoms with Crippen molar-refractivity contribution in [2.24, 2.45) is 5.92 Å². The molecular weight excluding hydrogens is 448 g/mol. The molecule has 5 rings (SSSR count). The minimum atomic E-state index is -0.126. The van der Waals surface area contributed by atoms with Crippen molar-refractivity contribution in [1.29, 1.82) is 0 Å². The Balaban J connectivity index is 1.29. The summed E-state index contributed by atoms with van der Waals surface area (Å²) >= 11 is 1.42. The molecule has 0 radical (unpaired) electrons. The lowest BCUT2D eigenvalue weighted by atomic mass is 9.95. The van der Waals surface area contributed by atoms with Gasteiger partial charge in [-0.05, 0) is 48.6 Å². The smallest absolute Gasteiger partial charge is 0.230 e. The number of hydrogen-bond acceptors (Lipinski definition) is 6. The van der Waals surface area contributed by atoms with Gasteiger partial charge in [0.25, 0.3) is 0 Å². The Morgan fingerprint density at radius 1 is 1.09 bits per heavy atom. The quantitative estimate of drug-likeness (QED) is 0.464. The largest absolute Gasteiger partial charge is 0.490 e. The van der Waals surface area contributed by atoms with E-state index in [1.807, 2.05) is 36.4 Å². The number of carbonyl (C=O) groups is 1. The number of aromatic nitrogens is 3. The number of fused-ring (bicyclic) bond motifs is 1. The number of carbonyl (C=O) groups excluding carboxylic acids is 1. The lowest BCUT2D eigenvalue weighted by Gasteiger charge is -2.24. The lowest BCUT2D eigenvalue weighted by molar-refractivity contribution is -0.119. The summed E-state index contributed by atoms with van der Waals surface area (Å²) in [5.74, 6) is 3.40. The van der Waals surface area contributed by atoms with Crippen molar-refractivity contribution in [1.82, 2.24) is 20.1 Å². The molecule has 1 unspecified atom stereocenters. The first-order chi connectivity index (χ1) is 16.6. The van der Waals surface area contributed by atoms with Crippen molar-refractivity contribution in [2.75, 3.05) is 19.0 Å². The molecule has 2 aliphatic rings. The highest BCUT2D eigenvalue weighted by Crippen LogP contribution is 2.41. The normalized spacial score (nSPS) is 16.2. The van der Waals surface area contributed by atoms with Gasteiger partial charge in [-0.2, -0.15) is 0 Å². The second-order valence-corrected chi connectivity index (χ2v) is 10.1. The first-order valence-electron chi connectivity index (χ1n) is 11.9. The summed E-state index contributed by atoms with van der Waals surface area (Å²) in [6.07, 6.45) is 3.14. The van der Waals surface area contributed by atoms with Gasteiger partial charge in [-0.15, -0.1) is 10.2 Å². The lowest BCUT2D eigenvalue weighted by Crippen LogP contribution is -2.33. The number of nitrogens with one attached hydrogen (secondary N) is 1. The molecule has 7 nitrogen and oxygen atoms in total. The van der Waals surface area contributed by atoms with Crippen LogP contribution in [-0.2, 0) is 4.79 Å². The summed E-state index contributed by atoms with van der Waals surface area (Å²) in [5, 5.41) is 12.8. The van der Waals surface area contributed by atoms with Crippen molar-refractivity contribution in [2.45, 2.75) is 50.2 Å². The first-order valence-corrected chi connectivity index (χ1v) is 12.9. The first kappa shape index (κ1) is 22.8. The third kappa shape index (κ3) is 5.06. The number of nitrogens with zero attached hydrogens (tertiary/aromatic N) is 3. The van der Waals surface area contributed by atoms with Crippen LogP contribution >= 0.6 is 11.8 Å². The van der Waals surface area contributed by atoms with Gasteiger partial charge in [0.05, 0.1) is 25.0 Å². The van der Waals surface area contributed by atoms with Gasteiger partial charge < -0.3 is 14.8 Å². The SMILES string of the molecule is CC(C)C(NC(=O)CSc1nnc(C2CC2)n1-c1ccccc1)c1ccc2c(c1)OCCCO2. The van der Waals surface area contributed by atoms with Gasteiger partial charge in [0, 0.05) is 18.0 Å². The molecular formula is C26H30N4O3S. The summed E-state index contributed by atoms with van der Waals surface area (Å²) in [6.45, 7) is 5.50. The van der Waals surface area contributed by atoms with E-state index < -0.39 is 0 Å². The van der Waals surface area contributed by atoms with Gasteiger partial charge in [0.2, 0.25) is 5.91 Å². The van der Waals surface area contributed by atoms with E-state index in [4.69, 9.17) is 9.47 Å². The minimum Gasteiger partial charge on any atom is -0.490 e. The summed E-state index contributed by atoms with van der Waals surface area (Å²) in [4.78, 5) is 13.0. The molecule has 1 N–H and O–H groups in total. The molecule has 1 saturated carbocycles. The summed E-state index contributed by atoms with van der Waals surface area (Å²) in [7, 11) is 0. The van der Waals surface area contributed by atoms with E-state index in [0.717, 1.165) is 53.0 Å². The van der Waals surface area contributed by atoms with Gasteiger partial charge >= 0.3 is 0 Å². The molecule has 178 valence electrons. The molecule has 0 spiro atoms. The van der Waals surface area contributed by atoms with E-state index in [1.165, 1.54) is 11.8 Å². The van der Waals surface area contributed by atoms with Crippen molar-refractivity contribution in [3.05, 3.63) is 59.9 Å². The number of hydrogen-bond donors (Lipinski definition) is 1. The molecule has 8 heteroatoms. The molecule has 3 aromatic rings. The van der Waals surface area contributed by atoms with Gasteiger partial charge in [-0.3, -0.25) is 9.36 Å². The van der Waals surface area contributed by atoms with Crippen LogP contribution in [0.2, 0.25) is 0 Å². The zero-order valence-corrected chi connectivity index (χ0v) is 20.4. The maximum atomic E-state index is 13.0. The second kappa shape index (κ2) is 10.1. The third-order valence-electron chi connectivity index (χ3n) is 6.06. The standard InChI is InChI=1S/C26H30N4O3S/c1-17(2)24(19-11-12-21-22(15-19)33-14-6-13-32-21)27-23(31)16-34-26-29-28-25(18-9-10-18)30(26)20-7-4-3-5-8-20/h3-5,7-8,11-12,15,17-18,24H,6,9-10,13-14,16H2,1-2H3,(H,27,31). The zero-order valence-electron chi connectivity index (χ0n) is 19.6. The molecule has 1 aromatic heterocycles. The maximum Gasteiger partial charge on any atom is 0.230 e. The van der Waals surface area contributed by atoms with Gasteiger partial charge in [0.15, 0.2) is 16.7 Å². The molecule has 1 aliphatic carbocycles. The van der Waals surface area contributed by atoms with Crippen LogP contribution in [0.5, 0.6) is 11.5 Å². The average Bonchev–Trinajstić information content (AvgIpc) is 3.64. The van der Waals surface area contributed by atoms with Crippen molar-refractivity contribution in [3.8, 4) is 17.2 Å². The molecule has 1 fully saturated rings. The Morgan fingerprint density at radius 2 is 1.85 bits per heavy atom. The number of para-hydroxylation sites is 1. The average molecular weight is 479 g/mol. The van der Waals surface area contributed by atoms with Crippen LogP contribution in [-0.4, -0.2) is 39.6 Å². The van der Waals surface area contributed by atoms with Gasteiger partial charge in [0.1, 0.15) is 5.82 Å². The Bertz CT molecular complexity index is 1140. The fourth-order valence-electron chi connectivity index (χ4n) is 4.15. The molecule has 1 amide bonds. The van der Waals surface area contributed by atoms with Crippen molar-refractivity contribution < 1.29 is 14.3 Å². The molecule has 0 bridgehead atoms. The van der Waals surface area contributed by atoms with E-state index in [2.05, 4.69) is 46.1 Å². The maximum absolute atomic E-state index is 13.0. The molecule has 34 heavy (non-hydrogen) atoms. The Labute approximate surface area is 204 Å². The highest BCUT2D eigenvalue weighted by molar-refractivity contribution is 7.99. The topological polar surface area (TPSA) is 78.3 Å². The zero-order chi connectivity index (χ0) is 23.5. The van der Waals surface area contributed by atoms with Crippen molar-refractivity contribution in [3.63, 3.8) is 0 Å². The Kier molecular flexibility index (Phi) is 6.76. The highest BCUT2D eigenvalue weighted by Gasteiger charge is 2.31. The van der Waals surface area contributed by atoms with Crippen molar-refractivity contribution >= 4 is 17.7 Å². The fraction of sp³-hybridized carbons (Fsp3) is 0.423. The molecule has 1 aliphatic heterocycles. The van der Waals surface area contributed by atoms with Gasteiger partial charge in [-0.1, -0.05) is 49.9 Å². The van der Waals surface area contributed by atoms with Gasteiger partial charge in [-0.25, -0.2) is 0 Å². The number of amides is 1. The predicted molar refractivity (Wildman–Crippen MR) is 132 cm³/mol. The Morgan fingerprint density at radius 3 is 2.59 bits per heavy atom. The second-order valence-electron chi connectivity index (χ2n) is 9.12. The van der Waals surface area contributed by atoms with Crippen LogP contribution < -0.4 is 14.8 Å². The van der Waals surface area contributed by atoms with Crippen LogP contribution in [0.4, 0.5) is 0 Å². The van der Waals surface area contributed by atoms with E-state index in [9.17, 15) is 4.79 Å². The van der Waals surface area contributed by atoms with Crippen LogP contribution in [0.3, 0.4) is 0 Å². The van der Waals surface area contributed by atoms with E-state index in [1.54, 1.807) is 0 Å². The number of thioether (sulfide) groups is 1. The van der Waals surface area contributed by atoms with Crippen LogP contribution in [0.25, 0.3) is 5.69 Å². The molecule has 2 heterocycles. The summed E-state index contributed by atoms with van der Waals surface area (Å²) in [6, 6.07) is 15.9. The predicted octanol–water partition coefficient (Wildman–Crippen LogP) is 4.91. The molecule has 0 saturated heterocycles. The molecule has 2 aromatic carbocycles. The summed E-state index contributed by atoms with van der Waals surface area (Å²) in [5.41, 5.74) is 2.05. The third-order valence-corrected chi connectivity index (χ3v) is 6.99. The molecule has 1 atom stereocenters. The van der Waals surface area contributed by atoms with E-state index in [0.29, 0.717) is 19.1 Å². The van der Waals surface area contributed by atoms with E-state index in [-0.39, 0.29) is 23.6 Å². The van der Waals surface area contributed by atoms with Crippen LogP contribution in [0.15, 0.2) is 53.7 Å². The van der Waals surface area contributed by atoms with E-state index >= 15 is 0 Å². The number of rotatable bonds is 8. The van der Waals surface area contributed by atoms with Crippen LogP contribution in [0.1, 0.15) is 56.5 Å². The van der Waals surface area contributed by atoms with Crippen LogP contribution in [0, 0.1) is 5.92 Å². The fourth-order valence-corrected chi connectivity index (χ4v) is 4.92. The highest BCUT2D eigenvalue weighted by atomic mass is 32.2. The number of benzene rings is 2. The number of ether oxygens (including phenoxy) is 2. The summed E-state index contributed by atoms with van der Waals surface area (Å²) < 4.78 is 13.7. The Hall–Kier alpha value is -3.00. The minimum absolute atomic E-state index is 0.0357. The monoisotopic (exact) mass is 478 g/mol.